The van der Waals surface area contributed by atoms with E-state index in [1.165, 1.54) is 0 Å². The summed E-state index contributed by atoms with van der Waals surface area (Å²) in [5, 5.41) is 19.8. The van der Waals surface area contributed by atoms with Crippen LogP contribution in [0.5, 0.6) is 23.0 Å². The second-order valence-electron chi connectivity index (χ2n) is 6.67. The van der Waals surface area contributed by atoms with E-state index in [9.17, 15) is 10.2 Å². The molecule has 2 aliphatic heterocycles. The third-order valence-corrected chi connectivity index (χ3v) is 5.01. The average Bonchev–Trinajstić information content (AvgIpc) is 3.32. The predicted octanol–water partition coefficient (Wildman–Crippen LogP) is 2.15. The Balaban J connectivity index is 1.47. The van der Waals surface area contributed by atoms with Crippen LogP contribution in [0.3, 0.4) is 0 Å². The van der Waals surface area contributed by atoms with Gasteiger partial charge in [0.25, 0.3) is 0 Å². The van der Waals surface area contributed by atoms with Crippen LogP contribution in [0.25, 0.3) is 0 Å². The van der Waals surface area contributed by atoms with E-state index in [4.69, 9.17) is 18.9 Å². The van der Waals surface area contributed by atoms with E-state index in [-0.39, 0.29) is 38.6 Å². The highest BCUT2D eigenvalue weighted by molar-refractivity contribution is 5.45. The molecule has 2 aliphatic rings. The lowest BCUT2D eigenvalue weighted by Gasteiger charge is -2.24. The molecular weight excluding hydrogens is 336 g/mol. The number of hydrogen-bond donors (Lipinski definition) is 2. The Morgan fingerprint density at radius 3 is 1.50 bits per heavy atom. The Hall–Kier alpha value is -2.44. The van der Waals surface area contributed by atoms with Crippen molar-refractivity contribution in [3.8, 4) is 23.0 Å². The van der Waals surface area contributed by atoms with Gasteiger partial charge in [-0.1, -0.05) is 12.1 Å². The van der Waals surface area contributed by atoms with Crippen molar-refractivity contribution < 1.29 is 29.2 Å². The zero-order valence-electron chi connectivity index (χ0n) is 14.4. The van der Waals surface area contributed by atoms with Crippen LogP contribution < -0.4 is 18.9 Å². The molecule has 6 heteroatoms. The highest BCUT2D eigenvalue weighted by Crippen LogP contribution is 2.35. The van der Waals surface area contributed by atoms with Gasteiger partial charge in [0.05, 0.1) is 0 Å². The summed E-state index contributed by atoms with van der Waals surface area (Å²) in [6, 6.07) is 11.6. The number of hydrogen-bond acceptors (Lipinski definition) is 6. The molecule has 2 atom stereocenters. The lowest BCUT2D eigenvalue weighted by molar-refractivity contribution is 0.119. The summed E-state index contributed by atoms with van der Waals surface area (Å²) >= 11 is 0. The van der Waals surface area contributed by atoms with Gasteiger partial charge in [-0.25, -0.2) is 0 Å². The predicted molar refractivity (Wildman–Crippen MR) is 93.7 cm³/mol. The lowest BCUT2D eigenvalue weighted by Crippen LogP contribution is -2.26. The summed E-state index contributed by atoms with van der Waals surface area (Å²) < 4.78 is 21.5. The van der Waals surface area contributed by atoms with Crippen LogP contribution in [0.15, 0.2) is 36.4 Å². The van der Waals surface area contributed by atoms with Crippen molar-refractivity contribution in [1.29, 1.82) is 0 Å². The minimum absolute atomic E-state index is 0.00419. The monoisotopic (exact) mass is 358 g/mol. The molecule has 0 bridgehead atoms. The highest BCUT2D eigenvalue weighted by Gasteiger charge is 2.24. The zero-order chi connectivity index (χ0) is 17.9. The maximum atomic E-state index is 9.90. The fourth-order valence-corrected chi connectivity index (χ4v) is 3.50. The van der Waals surface area contributed by atoms with E-state index in [1.807, 2.05) is 36.4 Å². The Bertz CT molecular complexity index is 709. The highest BCUT2D eigenvalue weighted by atomic mass is 16.7. The maximum Gasteiger partial charge on any atom is 0.231 e. The second-order valence-corrected chi connectivity index (χ2v) is 6.67. The van der Waals surface area contributed by atoms with E-state index >= 15 is 0 Å². The van der Waals surface area contributed by atoms with Crippen molar-refractivity contribution in [2.75, 3.05) is 26.8 Å². The van der Waals surface area contributed by atoms with Gasteiger partial charge in [-0.2, -0.15) is 0 Å². The van der Waals surface area contributed by atoms with E-state index < -0.39 is 0 Å². The van der Waals surface area contributed by atoms with Gasteiger partial charge in [-0.15, -0.1) is 0 Å². The van der Waals surface area contributed by atoms with Crippen LogP contribution in [0.4, 0.5) is 0 Å². The number of ether oxygens (including phenoxy) is 4. The first-order chi connectivity index (χ1) is 12.8. The standard InChI is InChI=1S/C20H22O6/c21-9-15(5-13-1-3-17-19(7-13)25-11-23-17)16(10-22)6-14-2-4-18-20(8-14)26-12-24-18/h1-4,7-8,15-16,21-22H,5-6,9-12H2/t15-,16-/m1/s1. The van der Waals surface area contributed by atoms with Gasteiger partial charge < -0.3 is 29.2 Å². The second kappa shape index (κ2) is 7.43. The quantitative estimate of drug-likeness (QED) is 0.790. The summed E-state index contributed by atoms with van der Waals surface area (Å²) in [4.78, 5) is 0. The summed E-state index contributed by atoms with van der Waals surface area (Å²) in [5.41, 5.74) is 2.11. The van der Waals surface area contributed by atoms with E-state index in [0.717, 1.165) is 34.1 Å². The largest absolute Gasteiger partial charge is 0.454 e. The molecule has 138 valence electrons. The summed E-state index contributed by atoms with van der Waals surface area (Å²) in [5.74, 6) is 2.82. The molecule has 4 rings (SSSR count). The fraction of sp³-hybridized carbons (Fsp3) is 0.400. The molecule has 2 N–H and O–H groups in total. The van der Waals surface area contributed by atoms with Crippen molar-refractivity contribution in [3.05, 3.63) is 47.5 Å². The molecule has 2 aromatic carbocycles. The number of fused-ring (bicyclic) bond motifs is 2. The van der Waals surface area contributed by atoms with Crippen molar-refractivity contribution in [2.24, 2.45) is 11.8 Å². The van der Waals surface area contributed by atoms with Crippen molar-refractivity contribution >= 4 is 0 Å². The van der Waals surface area contributed by atoms with Crippen LogP contribution in [-0.4, -0.2) is 37.0 Å². The minimum Gasteiger partial charge on any atom is -0.454 e. The first-order valence-corrected chi connectivity index (χ1v) is 8.75. The Labute approximate surface area is 151 Å². The first kappa shape index (κ1) is 17.0. The van der Waals surface area contributed by atoms with Gasteiger partial charge in [0.1, 0.15) is 0 Å². The van der Waals surface area contributed by atoms with Crippen LogP contribution in [0.1, 0.15) is 11.1 Å². The molecule has 2 aromatic rings. The fourth-order valence-electron chi connectivity index (χ4n) is 3.50. The number of benzene rings is 2. The van der Waals surface area contributed by atoms with Crippen molar-refractivity contribution in [3.63, 3.8) is 0 Å². The van der Waals surface area contributed by atoms with E-state index in [1.54, 1.807) is 0 Å². The number of aliphatic hydroxyl groups excluding tert-OH is 2. The van der Waals surface area contributed by atoms with E-state index in [0.29, 0.717) is 12.8 Å². The Kier molecular flexibility index (Phi) is 4.86. The van der Waals surface area contributed by atoms with Gasteiger partial charge in [0, 0.05) is 13.2 Å². The van der Waals surface area contributed by atoms with Crippen molar-refractivity contribution in [1.82, 2.24) is 0 Å². The molecule has 26 heavy (non-hydrogen) atoms. The smallest absolute Gasteiger partial charge is 0.231 e. The van der Waals surface area contributed by atoms with Gasteiger partial charge in [-0.05, 0) is 60.1 Å². The first-order valence-electron chi connectivity index (χ1n) is 8.75. The van der Waals surface area contributed by atoms with Gasteiger partial charge in [0.15, 0.2) is 23.0 Å². The zero-order valence-corrected chi connectivity index (χ0v) is 14.4. The maximum absolute atomic E-state index is 9.90. The summed E-state index contributed by atoms with van der Waals surface area (Å²) in [6.45, 7) is 0.492. The molecule has 0 aliphatic carbocycles. The third-order valence-electron chi connectivity index (χ3n) is 5.01. The normalized spacial score (nSPS) is 16.5. The van der Waals surface area contributed by atoms with Crippen molar-refractivity contribution in [2.45, 2.75) is 12.8 Å². The average molecular weight is 358 g/mol. The Morgan fingerprint density at radius 1 is 0.654 bits per heavy atom. The lowest BCUT2D eigenvalue weighted by atomic mass is 9.83. The molecule has 2 heterocycles. The molecule has 0 fully saturated rings. The molecule has 0 saturated carbocycles. The molecule has 0 amide bonds. The summed E-state index contributed by atoms with van der Waals surface area (Å²) in [7, 11) is 0. The van der Waals surface area contributed by atoms with E-state index in [2.05, 4.69) is 0 Å². The molecule has 0 unspecified atom stereocenters. The van der Waals surface area contributed by atoms with Gasteiger partial charge in [0.2, 0.25) is 13.6 Å². The van der Waals surface area contributed by atoms with Gasteiger partial charge in [-0.3, -0.25) is 0 Å². The summed E-state index contributed by atoms with van der Waals surface area (Å²) in [6.07, 6.45) is 1.31. The van der Waals surface area contributed by atoms with Crippen LogP contribution in [0, 0.1) is 11.8 Å². The molecule has 0 radical (unpaired) electrons. The SMILES string of the molecule is OC[C@@H](Cc1ccc2c(c1)OCO2)[C@@H](CO)Cc1ccc2c(c1)OCO2. The van der Waals surface area contributed by atoms with Crippen LogP contribution in [-0.2, 0) is 12.8 Å². The molecule has 6 nitrogen and oxygen atoms in total. The number of rotatable bonds is 7. The minimum atomic E-state index is -0.0641. The van der Waals surface area contributed by atoms with Gasteiger partial charge >= 0.3 is 0 Å². The molecule has 0 aromatic heterocycles. The van der Waals surface area contributed by atoms with Crippen LogP contribution in [0.2, 0.25) is 0 Å². The Morgan fingerprint density at radius 2 is 1.08 bits per heavy atom. The molecule has 0 spiro atoms. The third kappa shape index (κ3) is 3.43. The van der Waals surface area contributed by atoms with Crippen LogP contribution >= 0.6 is 0 Å². The molecule has 0 saturated heterocycles. The molecular formula is C20H22O6. The topological polar surface area (TPSA) is 77.4 Å². The number of aliphatic hydroxyl groups is 2.